The summed E-state index contributed by atoms with van der Waals surface area (Å²) >= 11 is 7.29. The van der Waals surface area contributed by atoms with Crippen molar-refractivity contribution >= 4 is 34.0 Å². The van der Waals surface area contributed by atoms with Crippen LogP contribution < -0.4 is 4.90 Å². The van der Waals surface area contributed by atoms with Gasteiger partial charge in [0.05, 0.1) is 0 Å². The number of hydrogen-bond donors (Lipinski definition) is 1. The SMILES string of the molecule is O=C(O)CC1CCCN(c2nc(Cl)cs2)C1. The largest absolute Gasteiger partial charge is 0.481 e. The van der Waals surface area contributed by atoms with Crippen LogP contribution in [0.15, 0.2) is 5.38 Å². The van der Waals surface area contributed by atoms with Gasteiger partial charge in [0.25, 0.3) is 0 Å². The van der Waals surface area contributed by atoms with Gasteiger partial charge in [-0.3, -0.25) is 4.79 Å². The Morgan fingerprint density at radius 1 is 1.75 bits per heavy atom. The lowest BCUT2D eigenvalue weighted by atomic mass is 9.95. The highest BCUT2D eigenvalue weighted by atomic mass is 35.5. The van der Waals surface area contributed by atoms with Crippen molar-refractivity contribution in [2.24, 2.45) is 5.92 Å². The zero-order valence-electron chi connectivity index (χ0n) is 8.73. The van der Waals surface area contributed by atoms with Gasteiger partial charge in [-0.05, 0) is 18.8 Å². The molecule has 1 aromatic rings. The number of aliphatic carboxylic acids is 1. The summed E-state index contributed by atoms with van der Waals surface area (Å²) in [7, 11) is 0. The molecule has 2 heterocycles. The fourth-order valence-corrected chi connectivity index (χ4v) is 3.03. The number of anilines is 1. The second kappa shape index (κ2) is 5.01. The van der Waals surface area contributed by atoms with Crippen LogP contribution in [0, 0.1) is 5.92 Å². The molecule has 2 rings (SSSR count). The molecule has 1 unspecified atom stereocenters. The van der Waals surface area contributed by atoms with Crippen molar-refractivity contribution in [2.45, 2.75) is 19.3 Å². The summed E-state index contributed by atoms with van der Waals surface area (Å²) in [5.41, 5.74) is 0. The van der Waals surface area contributed by atoms with Gasteiger partial charge >= 0.3 is 5.97 Å². The molecular weight excluding hydrogens is 248 g/mol. The van der Waals surface area contributed by atoms with Crippen LogP contribution in [-0.2, 0) is 4.79 Å². The number of piperidine rings is 1. The van der Waals surface area contributed by atoms with Crippen LogP contribution >= 0.6 is 22.9 Å². The molecule has 1 N–H and O–H groups in total. The predicted octanol–water partition coefficient (Wildman–Crippen LogP) is 2.49. The number of nitrogens with zero attached hydrogens (tertiary/aromatic N) is 2. The van der Waals surface area contributed by atoms with Crippen molar-refractivity contribution in [2.75, 3.05) is 18.0 Å². The average molecular weight is 261 g/mol. The number of carboxylic acid groups (broad SMARTS) is 1. The maximum absolute atomic E-state index is 10.7. The zero-order valence-corrected chi connectivity index (χ0v) is 10.3. The van der Waals surface area contributed by atoms with Gasteiger partial charge in [0.2, 0.25) is 0 Å². The lowest BCUT2D eigenvalue weighted by Gasteiger charge is -2.31. The molecule has 1 atom stereocenters. The van der Waals surface area contributed by atoms with Gasteiger partial charge in [0.15, 0.2) is 5.13 Å². The summed E-state index contributed by atoms with van der Waals surface area (Å²) in [6.45, 7) is 1.72. The van der Waals surface area contributed by atoms with E-state index in [2.05, 4.69) is 9.88 Å². The lowest BCUT2D eigenvalue weighted by molar-refractivity contribution is -0.138. The second-order valence-corrected chi connectivity index (χ2v) is 5.23. The van der Waals surface area contributed by atoms with Crippen LogP contribution in [0.25, 0.3) is 0 Å². The molecule has 88 valence electrons. The molecule has 0 aromatic carbocycles. The van der Waals surface area contributed by atoms with E-state index < -0.39 is 5.97 Å². The monoisotopic (exact) mass is 260 g/mol. The topological polar surface area (TPSA) is 53.4 Å². The highest BCUT2D eigenvalue weighted by Gasteiger charge is 2.23. The number of carbonyl (C=O) groups is 1. The maximum Gasteiger partial charge on any atom is 0.303 e. The molecule has 0 amide bonds. The minimum atomic E-state index is -0.718. The second-order valence-electron chi connectivity index (χ2n) is 4.00. The van der Waals surface area contributed by atoms with E-state index in [0.29, 0.717) is 5.15 Å². The standard InChI is InChI=1S/C10H13ClN2O2S/c11-8-6-16-10(12-8)13-3-1-2-7(5-13)4-9(14)15/h6-7H,1-5H2,(H,14,15). The molecule has 0 spiro atoms. The van der Waals surface area contributed by atoms with Gasteiger partial charge in [-0.2, -0.15) is 0 Å². The third-order valence-electron chi connectivity index (χ3n) is 2.72. The summed E-state index contributed by atoms with van der Waals surface area (Å²) in [6.07, 6.45) is 2.26. The van der Waals surface area contributed by atoms with E-state index in [-0.39, 0.29) is 12.3 Å². The molecule has 1 aromatic heterocycles. The highest BCUT2D eigenvalue weighted by molar-refractivity contribution is 7.14. The molecule has 0 radical (unpaired) electrons. The first-order valence-corrected chi connectivity index (χ1v) is 6.48. The van der Waals surface area contributed by atoms with Crippen molar-refractivity contribution < 1.29 is 9.90 Å². The number of hydrogen-bond acceptors (Lipinski definition) is 4. The Morgan fingerprint density at radius 2 is 2.56 bits per heavy atom. The average Bonchev–Trinajstić information content (AvgIpc) is 2.64. The Labute approximate surface area is 103 Å². The molecular formula is C10H13ClN2O2S. The minimum Gasteiger partial charge on any atom is -0.481 e. The van der Waals surface area contributed by atoms with Crippen LogP contribution in [-0.4, -0.2) is 29.1 Å². The maximum atomic E-state index is 10.7. The van der Waals surface area contributed by atoms with E-state index in [1.165, 1.54) is 11.3 Å². The number of halogens is 1. The number of carboxylic acids is 1. The van der Waals surface area contributed by atoms with Crippen LogP contribution in [0.1, 0.15) is 19.3 Å². The molecule has 0 aliphatic carbocycles. The zero-order chi connectivity index (χ0) is 11.5. The van der Waals surface area contributed by atoms with E-state index in [1.54, 1.807) is 5.38 Å². The fraction of sp³-hybridized carbons (Fsp3) is 0.600. The Bertz CT molecular complexity index is 383. The summed E-state index contributed by atoms with van der Waals surface area (Å²) in [4.78, 5) is 17.0. The summed E-state index contributed by atoms with van der Waals surface area (Å²) in [5.74, 6) is -0.488. The summed E-state index contributed by atoms with van der Waals surface area (Å²) < 4.78 is 0. The molecule has 1 saturated heterocycles. The number of rotatable bonds is 3. The van der Waals surface area contributed by atoms with Gasteiger partial charge in [0.1, 0.15) is 5.15 Å². The van der Waals surface area contributed by atoms with Crippen molar-refractivity contribution in [1.82, 2.24) is 4.98 Å². The van der Waals surface area contributed by atoms with Crippen molar-refractivity contribution in [1.29, 1.82) is 0 Å². The van der Waals surface area contributed by atoms with Crippen molar-refractivity contribution in [3.05, 3.63) is 10.5 Å². The highest BCUT2D eigenvalue weighted by Crippen LogP contribution is 2.28. The van der Waals surface area contributed by atoms with Crippen LogP contribution in [0.4, 0.5) is 5.13 Å². The van der Waals surface area contributed by atoms with E-state index in [9.17, 15) is 4.79 Å². The Balaban J connectivity index is 1.99. The molecule has 1 fully saturated rings. The lowest BCUT2D eigenvalue weighted by Crippen LogP contribution is -2.36. The Morgan fingerprint density at radius 3 is 3.19 bits per heavy atom. The predicted molar refractivity (Wildman–Crippen MR) is 64.3 cm³/mol. The molecule has 4 nitrogen and oxygen atoms in total. The van der Waals surface area contributed by atoms with Gasteiger partial charge in [-0.15, -0.1) is 11.3 Å². The Hall–Kier alpha value is -0.810. The summed E-state index contributed by atoms with van der Waals surface area (Å²) in [5, 5.41) is 12.0. The smallest absolute Gasteiger partial charge is 0.303 e. The van der Waals surface area contributed by atoms with Gasteiger partial charge in [-0.1, -0.05) is 11.6 Å². The minimum absolute atomic E-state index is 0.230. The van der Waals surface area contributed by atoms with Crippen LogP contribution in [0.5, 0.6) is 0 Å². The first-order valence-electron chi connectivity index (χ1n) is 5.23. The van der Waals surface area contributed by atoms with Crippen molar-refractivity contribution in [3.63, 3.8) is 0 Å². The third-order valence-corrected chi connectivity index (χ3v) is 3.94. The van der Waals surface area contributed by atoms with Crippen molar-refractivity contribution in [3.8, 4) is 0 Å². The van der Waals surface area contributed by atoms with E-state index in [4.69, 9.17) is 16.7 Å². The Kier molecular flexibility index (Phi) is 3.66. The van der Waals surface area contributed by atoms with Gasteiger partial charge < -0.3 is 10.0 Å². The molecule has 16 heavy (non-hydrogen) atoms. The summed E-state index contributed by atoms with van der Waals surface area (Å²) in [6, 6.07) is 0. The normalized spacial score (nSPS) is 21.1. The molecule has 0 saturated carbocycles. The van der Waals surface area contributed by atoms with Crippen LogP contribution in [0.2, 0.25) is 5.15 Å². The number of thiazole rings is 1. The number of aromatic nitrogens is 1. The van der Waals surface area contributed by atoms with E-state index in [0.717, 1.165) is 31.1 Å². The van der Waals surface area contributed by atoms with Crippen LogP contribution in [0.3, 0.4) is 0 Å². The first-order chi connectivity index (χ1) is 7.65. The van der Waals surface area contributed by atoms with E-state index >= 15 is 0 Å². The van der Waals surface area contributed by atoms with E-state index in [1.807, 2.05) is 0 Å². The fourth-order valence-electron chi connectivity index (χ4n) is 2.04. The molecule has 1 aliphatic rings. The first kappa shape index (κ1) is 11.7. The molecule has 0 bridgehead atoms. The molecule has 1 aliphatic heterocycles. The quantitative estimate of drug-likeness (QED) is 0.907. The van der Waals surface area contributed by atoms with Gasteiger partial charge in [-0.25, -0.2) is 4.98 Å². The molecule has 6 heteroatoms. The third kappa shape index (κ3) is 2.86. The van der Waals surface area contributed by atoms with Gasteiger partial charge in [0, 0.05) is 24.9 Å².